The molecule has 1 atom stereocenters. The zero-order chi connectivity index (χ0) is 12.9. The third-order valence-corrected chi connectivity index (χ3v) is 4.19. The fourth-order valence-electron chi connectivity index (χ4n) is 2.59. The topological polar surface area (TPSA) is 50.9 Å². The highest BCUT2D eigenvalue weighted by atomic mass is 35.5. The van der Waals surface area contributed by atoms with Crippen LogP contribution in [-0.2, 0) is 5.54 Å². The molecule has 0 aliphatic heterocycles. The van der Waals surface area contributed by atoms with Crippen LogP contribution < -0.4 is 0 Å². The van der Waals surface area contributed by atoms with Crippen molar-refractivity contribution < 1.29 is 5.11 Å². The first kappa shape index (κ1) is 11.9. The average molecular weight is 266 g/mol. The Morgan fingerprint density at radius 3 is 2.89 bits per heavy atom. The van der Waals surface area contributed by atoms with Gasteiger partial charge in [-0.3, -0.25) is 0 Å². The van der Waals surface area contributed by atoms with Crippen LogP contribution >= 0.6 is 11.6 Å². The van der Waals surface area contributed by atoms with Crippen LogP contribution in [0, 0.1) is 12.8 Å². The fourth-order valence-corrected chi connectivity index (χ4v) is 2.83. The van der Waals surface area contributed by atoms with Crippen LogP contribution in [0.25, 0.3) is 11.2 Å². The Bertz CT molecular complexity index is 606. The van der Waals surface area contributed by atoms with Crippen LogP contribution in [0.2, 0.25) is 5.15 Å². The van der Waals surface area contributed by atoms with E-state index < -0.39 is 0 Å². The summed E-state index contributed by atoms with van der Waals surface area (Å²) in [7, 11) is 0. The molecule has 1 saturated carbocycles. The Morgan fingerprint density at radius 2 is 2.28 bits per heavy atom. The van der Waals surface area contributed by atoms with E-state index in [1.807, 2.05) is 17.6 Å². The molecule has 4 nitrogen and oxygen atoms in total. The summed E-state index contributed by atoms with van der Waals surface area (Å²) in [6.07, 6.45) is 4.07. The Kier molecular flexibility index (Phi) is 2.61. The third kappa shape index (κ3) is 1.63. The second kappa shape index (κ2) is 3.93. The van der Waals surface area contributed by atoms with E-state index >= 15 is 0 Å². The number of pyridine rings is 1. The fraction of sp³-hybridized carbons (Fsp3) is 0.538. The molecular weight excluding hydrogens is 250 g/mol. The van der Waals surface area contributed by atoms with E-state index in [1.54, 1.807) is 6.33 Å². The van der Waals surface area contributed by atoms with E-state index in [1.165, 1.54) is 0 Å². The predicted molar refractivity (Wildman–Crippen MR) is 70.7 cm³/mol. The lowest BCUT2D eigenvalue weighted by molar-refractivity contribution is 0.129. The molecule has 1 unspecified atom stereocenters. The van der Waals surface area contributed by atoms with Gasteiger partial charge in [0.15, 0.2) is 5.65 Å². The normalized spacial score (nSPS) is 19.1. The summed E-state index contributed by atoms with van der Waals surface area (Å²) in [5.74, 6) is 0.501. The SMILES string of the molecule is Cc1cc(Cl)nc2c1ncn2C(C)(CO)C1CC1. The molecule has 1 N–H and O–H groups in total. The van der Waals surface area contributed by atoms with Crippen LogP contribution in [0.15, 0.2) is 12.4 Å². The zero-order valence-corrected chi connectivity index (χ0v) is 11.3. The summed E-state index contributed by atoms with van der Waals surface area (Å²) in [6.45, 7) is 4.13. The number of hydrogen-bond acceptors (Lipinski definition) is 3. The van der Waals surface area contributed by atoms with Crippen LogP contribution in [0.4, 0.5) is 0 Å². The first-order valence-electron chi connectivity index (χ1n) is 6.18. The molecule has 1 fully saturated rings. The van der Waals surface area contributed by atoms with Crippen molar-refractivity contribution in [2.24, 2.45) is 5.92 Å². The van der Waals surface area contributed by atoms with Crippen molar-refractivity contribution in [3.05, 3.63) is 23.1 Å². The summed E-state index contributed by atoms with van der Waals surface area (Å²) in [4.78, 5) is 8.79. The monoisotopic (exact) mass is 265 g/mol. The quantitative estimate of drug-likeness (QED) is 0.868. The van der Waals surface area contributed by atoms with Crippen LogP contribution in [-0.4, -0.2) is 26.2 Å². The Hall–Kier alpha value is -1.13. The number of aliphatic hydroxyl groups is 1. The lowest BCUT2D eigenvalue weighted by atomic mass is 9.96. The number of halogens is 1. The molecule has 0 aromatic carbocycles. The highest BCUT2D eigenvalue weighted by molar-refractivity contribution is 6.29. The molecule has 2 aromatic rings. The molecular formula is C13H16ClN3O. The lowest BCUT2D eigenvalue weighted by Gasteiger charge is -2.29. The van der Waals surface area contributed by atoms with Crippen molar-refractivity contribution in [1.29, 1.82) is 0 Å². The van der Waals surface area contributed by atoms with Gasteiger partial charge >= 0.3 is 0 Å². The number of aromatic nitrogens is 3. The molecule has 0 radical (unpaired) electrons. The molecule has 3 rings (SSSR count). The van der Waals surface area contributed by atoms with Crippen molar-refractivity contribution in [3.63, 3.8) is 0 Å². The second-order valence-electron chi connectivity index (χ2n) is 5.34. The number of aliphatic hydroxyl groups excluding tert-OH is 1. The van der Waals surface area contributed by atoms with Crippen molar-refractivity contribution in [2.75, 3.05) is 6.61 Å². The summed E-state index contributed by atoms with van der Waals surface area (Å²) in [5.41, 5.74) is 2.32. The maximum Gasteiger partial charge on any atom is 0.162 e. The molecule has 18 heavy (non-hydrogen) atoms. The highest BCUT2D eigenvalue weighted by Crippen LogP contribution is 2.45. The van der Waals surface area contributed by atoms with Gasteiger partial charge in [0.05, 0.1) is 18.5 Å². The number of nitrogens with zero attached hydrogens (tertiary/aromatic N) is 3. The van der Waals surface area contributed by atoms with Crippen LogP contribution in [0.1, 0.15) is 25.3 Å². The van der Waals surface area contributed by atoms with Crippen LogP contribution in [0.3, 0.4) is 0 Å². The van der Waals surface area contributed by atoms with Gasteiger partial charge in [-0.2, -0.15) is 0 Å². The lowest BCUT2D eigenvalue weighted by Crippen LogP contribution is -2.36. The van der Waals surface area contributed by atoms with Gasteiger partial charge in [-0.25, -0.2) is 9.97 Å². The van der Waals surface area contributed by atoms with Gasteiger partial charge < -0.3 is 9.67 Å². The average Bonchev–Trinajstić information content (AvgIpc) is 3.09. The van der Waals surface area contributed by atoms with Crippen LogP contribution in [0.5, 0.6) is 0 Å². The summed E-state index contributed by atoms with van der Waals surface area (Å²) < 4.78 is 1.98. The van der Waals surface area contributed by atoms with Gasteiger partial charge in [-0.05, 0) is 44.2 Å². The predicted octanol–water partition coefficient (Wildman–Crippen LogP) is 2.51. The minimum absolute atomic E-state index is 0.0936. The molecule has 1 aliphatic carbocycles. The van der Waals surface area contributed by atoms with E-state index in [0.29, 0.717) is 11.1 Å². The van der Waals surface area contributed by atoms with Gasteiger partial charge in [0.1, 0.15) is 10.7 Å². The Labute approximate surface area is 111 Å². The van der Waals surface area contributed by atoms with E-state index in [0.717, 1.165) is 29.6 Å². The molecule has 1 aliphatic rings. The summed E-state index contributed by atoms with van der Waals surface area (Å²) >= 11 is 6.03. The van der Waals surface area contributed by atoms with E-state index in [9.17, 15) is 5.11 Å². The van der Waals surface area contributed by atoms with Crippen molar-refractivity contribution in [2.45, 2.75) is 32.2 Å². The molecule has 2 aromatic heterocycles. The first-order chi connectivity index (χ1) is 8.56. The summed E-state index contributed by atoms with van der Waals surface area (Å²) in [5, 5.41) is 10.2. The third-order valence-electron chi connectivity index (χ3n) is 3.99. The van der Waals surface area contributed by atoms with Gasteiger partial charge in [0.25, 0.3) is 0 Å². The summed E-state index contributed by atoms with van der Waals surface area (Å²) in [6, 6.07) is 1.81. The molecule has 2 heterocycles. The maximum absolute atomic E-state index is 9.76. The Balaban J connectivity index is 2.23. The largest absolute Gasteiger partial charge is 0.394 e. The number of fused-ring (bicyclic) bond motifs is 1. The Morgan fingerprint density at radius 1 is 1.56 bits per heavy atom. The zero-order valence-electron chi connectivity index (χ0n) is 10.5. The van der Waals surface area contributed by atoms with Gasteiger partial charge in [0.2, 0.25) is 0 Å². The minimum Gasteiger partial charge on any atom is -0.394 e. The number of aryl methyl sites for hydroxylation is 1. The minimum atomic E-state index is -0.321. The molecule has 0 bridgehead atoms. The molecule has 0 saturated heterocycles. The molecule has 0 spiro atoms. The molecule has 96 valence electrons. The number of hydrogen-bond donors (Lipinski definition) is 1. The maximum atomic E-state index is 9.76. The standard InChI is InChI=1S/C13H16ClN3O/c1-8-5-10(14)16-12-11(8)15-7-17(12)13(2,6-18)9-3-4-9/h5,7,9,18H,3-4,6H2,1-2H3. The van der Waals surface area contributed by atoms with Gasteiger partial charge in [0, 0.05) is 0 Å². The van der Waals surface area contributed by atoms with Crippen molar-refractivity contribution in [1.82, 2.24) is 14.5 Å². The number of rotatable bonds is 3. The molecule has 0 amide bonds. The van der Waals surface area contributed by atoms with E-state index in [2.05, 4.69) is 16.9 Å². The van der Waals surface area contributed by atoms with E-state index in [4.69, 9.17) is 11.6 Å². The second-order valence-corrected chi connectivity index (χ2v) is 5.73. The number of imidazole rings is 1. The molecule has 5 heteroatoms. The van der Waals surface area contributed by atoms with Crippen molar-refractivity contribution in [3.8, 4) is 0 Å². The van der Waals surface area contributed by atoms with Gasteiger partial charge in [-0.15, -0.1) is 0 Å². The van der Waals surface area contributed by atoms with Gasteiger partial charge in [-0.1, -0.05) is 11.6 Å². The van der Waals surface area contributed by atoms with Crippen molar-refractivity contribution >= 4 is 22.8 Å². The smallest absolute Gasteiger partial charge is 0.162 e. The highest BCUT2D eigenvalue weighted by Gasteiger charge is 2.43. The first-order valence-corrected chi connectivity index (χ1v) is 6.55. The van der Waals surface area contributed by atoms with E-state index in [-0.39, 0.29) is 12.1 Å².